The molecule has 0 N–H and O–H groups in total. The van der Waals surface area contributed by atoms with Crippen molar-refractivity contribution in [2.45, 2.75) is 78.6 Å². The first-order valence-corrected chi connectivity index (χ1v) is 9.12. The van der Waals surface area contributed by atoms with Gasteiger partial charge in [0.2, 0.25) is 0 Å². The van der Waals surface area contributed by atoms with Gasteiger partial charge in [0.15, 0.2) is 0 Å². The number of likely N-dealkylation sites (tertiary alicyclic amines) is 1. The zero-order valence-electron chi connectivity index (χ0n) is 15.2. The summed E-state index contributed by atoms with van der Waals surface area (Å²) in [6.45, 7) is 20.6. The Labute approximate surface area is 132 Å². The molecule has 3 nitrogen and oxygen atoms in total. The van der Waals surface area contributed by atoms with E-state index in [1.165, 1.54) is 45.6 Å². The van der Waals surface area contributed by atoms with Gasteiger partial charge in [0.25, 0.3) is 0 Å². The lowest BCUT2D eigenvalue weighted by Gasteiger charge is -2.47. The minimum absolute atomic E-state index is 0.686. The van der Waals surface area contributed by atoms with Gasteiger partial charge in [-0.2, -0.15) is 0 Å². The Hall–Kier alpha value is -0.120. The van der Waals surface area contributed by atoms with Crippen LogP contribution in [-0.4, -0.2) is 71.6 Å². The fraction of sp³-hybridized carbons (Fsp3) is 1.00. The van der Waals surface area contributed by atoms with Crippen molar-refractivity contribution in [3.63, 3.8) is 0 Å². The number of piperazine rings is 1. The smallest absolute Gasteiger partial charge is 0.0113 e. The average molecular weight is 296 g/mol. The van der Waals surface area contributed by atoms with Crippen LogP contribution in [0.4, 0.5) is 0 Å². The Morgan fingerprint density at radius 1 is 0.810 bits per heavy atom. The van der Waals surface area contributed by atoms with Gasteiger partial charge in [0.05, 0.1) is 0 Å². The zero-order valence-corrected chi connectivity index (χ0v) is 15.2. The van der Waals surface area contributed by atoms with Crippen LogP contribution in [-0.2, 0) is 0 Å². The molecular formula is C18H37N3. The fourth-order valence-electron chi connectivity index (χ4n) is 4.73. The topological polar surface area (TPSA) is 9.72 Å². The second-order valence-corrected chi connectivity index (χ2v) is 8.01. The molecule has 0 aromatic rings. The number of piperidine rings is 1. The molecule has 2 aliphatic rings. The molecule has 2 heterocycles. The predicted molar refractivity (Wildman–Crippen MR) is 91.8 cm³/mol. The molecule has 3 heteroatoms. The number of nitrogens with zero attached hydrogens (tertiary/aromatic N) is 3. The summed E-state index contributed by atoms with van der Waals surface area (Å²) in [6.07, 6.45) is 2.76. The van der Waals surface area contributed by atoms with E-state index in [-0.39, 0.29) is 0 Å². The molecule has 0 amide bonds. The van der Waals surface area contributed by atoms with E-state index in [0.29, 0.717) is 12.1 Å². The molecule has 3 atom stereocenters. The van der Waals surface area contributed by atoms with Crippen LogP contribution in [0, 0.1) is 5.92 Å². The minimum Gasteiger partial charge on any atom is -0.301 e. The van der Waals surface area contributed by atoms with E-state index in [0.717, 1.165) is 18.0 Å². The predicted octanol–water partition coefficient (Wildman–Crippen LogP) is 2.91. The van der Waals surface area contributed by atoms with Crippen LogP contribution in [0.1, 0.15) is 54.4 Å². The highest BCUT2D eigenvalue weighted by Crippen LogP contribution is 2.30. The summed E-state index contributed by atoms with van der Waals surface area (Å²) in [5.41, 5.74) is 0. The van der Waals surface area contributed by atoms with Crippen LogP contribution in [0.3, 0.4) is 0 Å². The van der Waals surface area contributed by atoms with Crippen molar-refractivity contribution in [3.05, 3.63) is 0 Å². The molecule has 0 saturated carbocycles. The first-order valence-electron chi connectivity index (χ1n) is 9.12. The van der Waals surface area contributed by atoms with Crippen molar-refractivity contribution < 1.29 is 0 Å². The van der Waals surface area contributed by atoms with Crippen molar-refractivity contribution in [1.82, 2.24) is 14.7 Å². The summed E-state index contributed by atoms with van der Waals surface area (Å²) in [6, 6.07) is 2.89. The largest absolute Gasteiger partial charge is 0.301 e. The number of hydrogen-bond acceptors (Lipinski definition) is 3. The van der Waals surface area contributed by atoms with Crippen LogP contribution in [0.5, 0.6) is 0 Å². The van der Waals surface area contributed by atoms with Gasteiger partial charge in [-0.1, -0.05) is 0 Å². The van der Waals surface area contributed by atoms with Crippen LogP contribution in [0.25, 0.3) is 0 Å². The van der Waals surface area contributed by atoms with E-state index in [1.807, 2.05) is 0 Å². The summed E-state index contributed by atoms with van der Waals surface area (Å²) < 4.78 is 0. The summed E-state index contributed by atoms with van der Waals surface area (Å²) in [5, 5.41) is 0. The van der Waals surface area contributed by atoms with Crippen LogP contribution in [0.2, 0.25) is 0 Å². The maximum Gasteiger partial charge on any atom is 0.0113 e. The van der Waals surface area contributed by atoms with E-state index in [4.69, 9.17) is 0 Å². The zero-order chi connectivity index (χ0) is 15.6. The van der Waals surface area contributed by atoms with Gasteiger partial charge in [-0.3, -0.25) is 9.80 Å². The van der Waals surface area contributed by atoms with Gasteiger partial charge in [0, 0.05) is 56.9 Å². The fourth-order valence-corrected chi connectivity index (χ4v) is 4.73. The Bertz CT molecular complexity index is 296. The van der Waals surface area contributed by atoms with E-state index < -0.39 is 0 Å². The third kappa shape index (κ3) is 4.43. The van der Waals surface area contributed by atoms with E-state index >= 15 is 0 Å². The molecule has 0 aromatic carbocycles. The van der Waals surface area contributed by atoms with Crippen molar-refractivity contribution in [3.8, 4) is 0 Å². The quantitative estimate of drug-likeness (QED) is 0.789. The van der Waals surface area contributed by atoms with E-state index in [9.17, 15) is 0 Å². The van der Waals surface area contributed by atoms with E-state index in [1.54, 1.807) is 0 Å². The standard InChI is InChI=1S/C18H37N3/c1-14(2)20-9-7-19(8-10-20)13-18-11-16(5)21(15(3)4)17(6)12-18/h14-18H,7-13H2,1-6H3/t16-,17+,18?. The molecule has 0 radical (unpaired) electrons. The summed E-state index contributed by atoms with van der Waals surface area (Å²) >= 11 is 0. The number of hydrogen-bond donors (Lipinski definition) is 0. The maximum atomic E-state index is 2.72. The molecule has 0 bridgehead atoms. The van der Waals surface area contributed by atoms with Gasteiger partial charge in [-0.25, -0.2) is 0 Å². The summed E-state index contributed by atoms with van der Waals surface area (Å²) in [4.78, 5) is 8.05. The normalized spacial score (nSPS) is 34.0. The monoisotopic (exact) mass is 295 g/mol. The second-order valence-electron chi connectivity index (χ2n) is 8.01. The molecule has 2 rings (SSSR count). The van der Waals surface area contributed by atoms with Crippen molar-refractivity contribution >= 4 is 0 Å². The second kappa shape index (κ2) is 7.43. The molecule has 21 heavy (non-hydrogen) atoms. The lowest BCUT2D eigenvalue weighted by molar-refractivity contribution is 0.0217. The first-order chi connectivity index (χ1) is 9.88. The first kappa shape index (κ1) is 17.2. The Kier molecular flexibility index (Phi) is 6.10. The third-order valence-corrected chi connectivity index (χ3v) is 5.62. The Morgan fingerprint density at radius 2 is 1.33 bits per heavy atom. The molecule has 2 fully saturated rings. The van der Waals surface area contributed by atoms with Gasteiger partial charge >= 0.3 is 0 Å². The molecule has 2 saturated heterocycles. The molecule has 0 spiro atoms. The van der Waals surface area contributed by atoms with E-state index in [2.05, 4.69) is 56.2 Å². The SMILES string of the molecule is CC(C)N1CCN(CC2C[C@@H](C)N(C(C)C)[C@@H](C)C2)CC1. The molecule has 2 aliphatic heterocycles. The molecule has 1 unspecified atom stereocenters. The van der Waals surface area contributed by atoms with Gasteiger partial charge in [0.1, 0.15) is 0 Å². The minimum atomic E-state index is 0.686. The average Bonchev–Trinajstić information content (AvgIpc) is 2.37. The highest BCUT2D eigenvalue weighted by atomic mass is 15.3. The summed E-state index contributed by atoms with van der Waals surface area (Å²) in [7, 11) is 0. The third-order valence-electron chi connectivity index (χ3n) is 5.62. The van der Waals surface area contributed by atoms with Gasteiger partial charge in [-0.15, -0.1) is 0 Å². The van der Waals surface area contributed by atoms with Crippen molar-refractivity contribution in [1.29, 1.82) is 0 Å². The van der Waals surface area contributed by atoms with Crippen LogP contribution in [0.15, 0.2) is 0 Å². The maximum absolute atomic E-state index is 2.72. The van der Waals surface area contributed by atoms with Crippen LogP contribution < -0.4 is 0 Å². The molecule has 0 aromatic heterocycles. The lowest BCUT2D eigenvalue weighted by Crippen LogP contribution is -2.54. The Balaban J connectivity index is 1.80. The molecular weight excluding hydrogens is 258 g/mol. The highest BCUT2D eigenvalue weighted by molar-refractivity contribution is 4.88. The van der Waals surface area contributed by atoms with Gasteiger partial charge < -0.3 is 4.90 Å². The van der Waals surface area contributed by atoms with Crippen molar-refractivity contribution in [2.24, 2.45) is 5.92 Å². The van der Waals surface area contributed by atoms with Crippen LogP contribution >= 0.6 is 0 Å². The summed E-state index contributed by atoms with van der Waals surface area (Å²) in [5.74, 6) is 0.899. The van der Waals surface area contributed by atoms with Crippen molar-refractivity contribution in [2.75, 3.05) is 32.7 Å². The lowest BCUT2D eigenvalue weighted by atomic mass is 9.85. The molecule has 124 valence electrons. The Morgan fingerprint density at radius 3 is 1.76 bits per heavy atom. The van der Waals surface area contributed by atoms with Gasteiger partial charge in [-0.05, 0) is 60.3 Å². The number of rotatable bonds is 4. The molecule has 0 aliphatic carbocycles. The highest BCUT2D eigenvalue weighted by Gasteiger charge is 2.33.